The molecule has 1 atom stereocenters. The van der Waals surface area contributed by atoms with Crippen LogP contribution < -0.4 is 5.32 Å². The largest absolute Gasteiger partial charge is 0.372 e. The van der Waals surface area contributed by atoms with Crippen molar-refractivity contribution in [3.63, 3.8) is 0 Å². The van der Waals surface area contributed by atoms with E-state index in [4.69, 9.17) is 0 Å². The molecule has 1 aromatic carbocycles. The summed E-state index contributed by atoms with van der Waals surface area (Å²) < 4.78 is 0. The monoisotopic (exact) mass is 271 g/mol. The van der Waals surface area contributed by atoms with Gasteiger partial charge in [0.25, 0.3) is 0 Å². The Hall–Kier alpha value is -2.43. The number of benzene rings is 1. The maximum Gasteiger partial charge on any atom is 0.227 e. The summed E-state index contributed by atoms with van der Waals surface area (Å²) in [6.45, 7) is 3.84. The van der Waals surface area contributed by atoms with Crippen LogP contribution in [0.2, 0.25) is 0 Å². The molecule has 104 valence electrons. The van der Waals surface area contributed by atoms with Crippen molar-refractivity contribution in [1.29, 1.82) is 0 Å². The van der Waals surface area contributed by atoms with Crippen LogP contribution >= 0.6 is 0 Å². The van der Waals surface area contributed by atoms with E-state index in [2.05, 4.69) is 16.4 Å². The molecule has 0 saturated carbocycles. The van der Waals surface area contributed by atoms with E-state index in [9.17, 15) is 10.1 Å². The first-order valence-corrected chi connectivity index (χ1v) is 6.41. The molecule has 1 unspecified atom stereocenters. The molecule has 1 heterocycles. The first kappa shape index (κ1) is 14.0. The Labute approximate surface area is 117 Å². The molecule has 0 amide bonds. The molecule has 20 heavy (non-hydrogen) atoms. The molecule has 0 spiro atoms. The van der Waals surface area contributed by atoms with Gasteiger partial charge in [-0.05, 0) is 54.8 Å². The maximum absolute atomic E-state index is 10.9. The zero-order valence-corrected chi connectivity index (χ0v) is 11.5. The number of hydrogen-bond acceptors (Lipinski definition) is 4. The summed E-state index contributed by atoms with van der Waals surface area (Å²) in [7, 11) is 0. The highest BCUT2D eigenvalue weighted by atomic mass is 16.6. The highest BCUT2D eigenvalue weighted by Gasteiger charge is 2.17. The van der Waals surface area contributed by atoms with Gasteiger partial charge in [0.1, 0.15) is 6.04 Å². The van der Waals surface area contributed by atoms with Gasteiger partial charge in [-0.2, -0.15) is 0 Å². The van der Waals surface area contributed by atoms with Crippen LogP contribution in [-0.4, -0.2) is 16.5 Å². The van der Waals surface area contributed by atoms with E-state index in [1.807, 2.05) is 26.0 Å². The third-order valence-electron chi connectivity index (χ3n) is 3.00. The van der Waals surface area contributed by atoms with E-state index >= 15 is 0 Å². The van der Waals surface area contributed by atoms with Gasteiger partial charge in [0, 0.05) is 23.0 Å². The van der Waals surface area contributed by atoms with Gasteiger partial charge >= 0.3 is 0 Å². The van der Waals surface area contributed by atoms with E-state index in [1.165, 1.54) is 0 Å². The zero-order valence-electron chi connectivity index (χ0n) is 11.5. The van der Waals surface area contributed by atoms with Crippen LogP contribution in [0.5, 0.6) is 0 Å². The van der Waals surface area contributed by atoms with E-state index in [1.54, 1.807) is 24.5 Å². The van der Waals surface area contributed by atoms with Gasteiger partial charge in [-0.3, -0.25) is 15.1 Å². The minimum absolute atomic E-state index is 0.170. The van der Waals surface area contributed by atoms with Crippen molar-refractivity contribution < 1.29 is 4.92 Å². The van der Waals surface area contributed by atoms with Crippen LogP contribution in [-0.2, 0) is 0 Å². The lowest BCUT2D eigenvalue weighted by Gasteiger charge is -2.17. The molecule has 0 bridgehead atoms. The molecular formula is C15H17N3O2. The Morgan fingerprint density at radius 1 is 1.20 bits per heavy atom. The zero-order chi connectivity index (χ0) is 14.5. The van der Waals surface area contributed by atoms with Gasteiger partial charge in [-0.25, -0.2) is 0 Å². The van der Waals surface area contributed by atoms with Crippen molar-refractivity contribution in [2.75, 3.05) is 11.9 Å². The normalized spacial score (nSPS) is 11.9. The van der Waals surface area contributed by atoms with E-state index in [0.29, 0.717) is 0 Å². The highest BCUT2D eigenvalue weighted by Crippen LogP contribution is 2.21. The Bertz CT molecular complexity index is 579. The average molecular weight is 271 g/mol. The van der Waals surface area contributed by atoms with Crippen molar-refractivity contribution in [2.24, 2.45) is 0 Å². The quantitative estimate of drug-likeness (QED) is 0.670. The molecule has 0 aliphatic heterocycles. The number of aromatic nitrogens is 1. The minimum atomic E-state index is -0.366. The third kappa shape index (κ3) is 3.78. The van der Waals surface area contributed by atoms with Crippen LogP contribution in [0.25, 0.3) is 0 Å². The lowest BCUT2D eigenvalue weighted by atomic mass is 10.1. The molecule has 0 radical (unpaired) electrons. The molecule has 0 aliphatic rings. The lowest BCUT2D eigenvalue weighted by Crippen LogP contribution is -2.20. The first-order chi connectivity index (χ1) is 9.54. The summed E-state index contributed by atoms with van der Waals surface area (Å²) in [4.78, 5) is 14.5. The summed E-state index contributed by atoms with van der Waals surface area (Å²) in [5.41, 5.74) is 4.01. The van der Waals surface area contributed by atoms with Gasteiger partial charge in [0.05, 0.1) is 0 Å². The minimum Gasteiger partial charge on any atom is -0.372 e. The second kappa shape index (κ2) is 6.14. The number of hydrogen-bond donors (Lipinski definition) is 1. The summed E-state index contributed by atoms with van der Waals surface area (Å²) in [6.07, 6.45) is 3.29. The number of nitrogens with one attached hydrogen (secondary N) is 1. The molecule has 5 nitrogen and oxygen atoms in total. The number of nitrogens with zero attached hydrogens (tertiary/aromatic N) is 2. The Balaban J connectivity index is 2.26. The molecule has 5 heteroatoms. The molecule has 0 aliphatic carbocycles. The Morgan fingerprint density at radius 3 is 2.35 bits per heavy atom. The van der Waals surface area contributed by atoms with Crippen molar-refractivity contribution >= 4 is 5.69 Å². The molecule has 0 saturated heterocycles. The molecule has 0 fully saturated rings. The van der Waals surface area contributed by atoms with Crippen molar-refractivity contribution in [2.45, 2.75) is 19.9 Å². The van der Waals surface area contributed by atoms with E-state index < -0.39 is 0 Å². The van der Waals surface area contributed by atoms with E-state index in [0.717, 1.165) is 22.4 Å². The van der Waals surface area contributed by atoms with Crippen LogP contribution in [0.3, 0.4) is 0 Å². The van der Waals surface area contributed by atoms with Crippen LogP contribution in [0.1, 0.15) is 22.7 Å². The SMILES string of the molecule is Cc1cc(C)cc(NC(C[N+](=O)[O-])c2ccncc2)c1. The number of aryl methyl sites for hydroxylation is 2. The molecule has 2 rings (SSSR count). The summed E-state index contributed by atoms with van der Waals surface area (Å²) >= 11 is 0. The lowest BCUT2D eigenvalue weighted by molar-refractivity contribution is -0.482. The van der Waals surface area contributed by atoms with Gasteiger partial charge < -0.3 is 5.32 Å². The summed E-state index contributed by atoms with van der Waals surface area (Å²) in [5, 5.41) is 14.1. The smallest absolute Gasteiger partial charge is 0.227 e. The number of rotatable bonds is 5. The van der Waals surface area contributed by atoms with Crippen LogP contribution in [0.15, 0.2) is 42.7 Å². The third-order valence-corrected chi connectivity index (χ3v) is 3.00. The van der Waals surface area contributed by atoms with Crippen molar-refractivity contribution in [3.05, 3.63) is 69.5 Å². The fourth-order valence-corrected chi connectivity index (χ4v) is 2.24. The van der Waals surface area contributed by atoms with Crippen LogP contribution in [0.4, 0.5) is 5.69 Å². The molecular weight excluding hydrogens is 254 g/mol. The standard InChI is InChI=1S/C15H17N3O2/c1-11-7-12(2)9-14(8-11)17-15(10-18(19)20)13-3-5-16-6-4-13/h3-9,15,17H,10H2,1-2H3. The number of nitro groups is 1. The Morgan fingerprint density at radius 2 is 1.80 bits per heavy atom. The second-order valence-electron chi connectivity index (χ2n) is 4.87. The Kier molecular flexibility index (Phi) is 4.30. The predicted molar refractivity (Wildman–Crippen MR) is 78.4 cm³/mol. The molecule has 1 N–H and O–H groups in total. The number of anilines is 1. The topological polar surface area (TPSA) is 68.1 Å². The van der Waals surface area contributed by atoms with Gasteiger partial charge in [0.2, 0.25) is 6.54 Å². The van der Waals surface area contributed by atoms with E-state index in [-0.39, 0.29) is 17.5 Å². The van der Waals surface area contributed by atoms with Crippen LogP contribution in [0, 0.1) is 24.0 Å². The van der Waals surface area contributed by atoms with Gasteiger partial charge in [-0.1, -0.05) is 6.07 Å². The fourth-order valence-electron chi connectivity index (χ4n) is 2.24. The van der Waals surface area contributed by atoms with Crippen molar-refractivity contribution in [3.8, 4) is 0 Å². The fraction of sp³-hybridized carbons (Fsp3) is 0.267. The second-order valence-corrected chi connectivity index (χ2v) is 4.87. The van der Waals surface area contributed by atoms with Crippen molar-refractivity contribution in [1.82, 2.24) is 4.98 Å². The highest BCUT2D eigenvalue weighted by molar-refractivity contribution is 5.50. The molecule has 1 aromatic heterocycles. The van der Waals surface area contributed by atoms with Gasteiger partial charge in [-0.15, -0.1) is 0 Å². The van der Waals surface area contributed by atoms with Gasteiger partial charge in [0.15, 0.2) is 0 Å². The maximum atomic E-state index is 10.9. The summed E-state index contributed by atoms with van der Waals surface area (Å²) in [6, 6.07) is 9.27. The predicted octanol–water partition coefficient (Wildman–Crippen LogP) is 3.13. The average Bonchev–Trinajstić information content (AvgIpc) is 2.37. The number of pyridine rings is 1. The first-order valence-electron chi connectivity index (χ1n) is 6.41. The summed E-state index contributed by atoms with van der Waals surface area (Å²) in [5.74, 6) is 0. The molecule has 2 aromatic rings.